The van der Waals surface area contributed by atoms with E-state index in [0.717, 1.165) is 36.8 Å². The molecule has 0 atom stereocenters. The van der Waals surface area contributed by atoms with Crippen LogP contribution in [0.5, 0.6) is 11.5 Å². The topological polar surface area (TPSA) is 30.5 Å². The maximum Gasteiger partial charge on any atom is 0.121 e. The van der Waals surface area contributed by atoms with Crippen LogP contribution in [0.25, 0.3) is 0 Å². The summed E-state index contributed by atoms with van der Waals surface area (Å²) >= 11 is 0. The van der Waals surface area contributed by atoms with Crippen LogP contribution in [-0.2, 0) is 5.41 Å². The Morgan fingerprint density at radius 2 is 1.58 bits per heavy atom. The third-order valence-electron chi connectivity index (χ3n) is 4.22. The summed E-state index contributed by atoms with van der Waals surface area (Å²) in [6, 6.07) is 16.5. The molecule has 0 fully saturated rings. The Hall–Kier alpha value is -2.16. The number of hydrogen-bond acceptors (Lipinski definition) is 3. The van der Waals surface area contributed by atoms with Gasteiger partial charge < -0.3 is 14.8 Å². The van der Waals surface area contributed by atoms with E-state index in [4.69, 9.17) is 9.47 Å². The van der Waals surface area contributed by atoms with E-state index in [1.165, 1.54) is 5.56 Å². The highest BCUT2D eigenvalue weighted by molar-refractivity contribution is 5.48. The van der Waals surface area contributed by atoms with Crippen molar-refractivity contribution in [2.75, 3.05) is 25.1 Å². The van der Waals surface area contributed by atoms with Crippen LogP contribution >= 0.6 is 0 Å². The predicted molar refractivity (Wildman–Crippen MR) is 111 cm³/mol. The first-order chi connectivity index (χ1) is 12.3. The van der Waals surface area contributed by atoms with Crippen LogP contribution in [0.4, 0.5) is 5.69 Å². The molecule has 0 aromatic heterocycles. The van der Waals surface area contributed by atoms with Gasteiger partial charge in [0, 0.05) is 18.3 Å². The van der Waals surface area contributed by atoms with E-state index >= 15 is 0 Å². The van der Waals surface area contributed by atoms with Crippen molar-refractivity contribution in [3.63, 3.8) is 0 Å². The smallest absolute Gasteiger partial charge is 0.121 e. The minimum absolute atomic E-state index is 0.169. The molecule has 0 heterocycles. The van der Waals surface area contributed by atoms with Crippen LogP contribution < -0.4 is 14.8 Å². The van der Waals surface area contributed by atoms with Crippen molar-refractivity contribution in [1.82, 2.24) is 0 Å². The molecule has 0 amide bonds. The van der Waals surface area contributed by atoms with Gasteiger partial charge in [0.25, 0.3) is 0 Å². The highest BCUT2D eigenvalue weighted by Gasteiger charge is 2.12. The summed E-state index contributed by atoms with van der Waals surface area (Å²) in [4.78, 5) is 0. The van der Waals surface area contributed by atoms with Crippen molar-refractivity contribution in [1.29, 1.82) is 0 Å². The second-order valence-corrected chi connectivity index (χ2v) is 8.11. The van der Waals surface area contributed by atoms with Gasteiger partial charge in [-0.3, -0.25) is 0 Å². The second kappa shape index (κ2) is 9.51. The molecule has 0 bridgehead atoms. The summed E-state index contributed by atoms with van der Waals surface area (Å²) in [6.45, 7) is 13.2. The Bertz CT molecular complexity index is 657. The van der Waals surface area contributed by atoms with E-state index in [1.54, 1.807) is 0 Å². The standard InChI is InChI=1S/C23H33NO2/c1-18(2)13-15-25-22-8-6-7-20(17-22)24-14-16-26-21-11-9-19(10-12-21)23(3,4)5/h6-12,17-18,24H,13-16H2,1-5H3. The lowest BCUT2D eigenvalue weighted by Crippen LogP contribution is -2.12. The van der Waals surface area contributed by atoms with Gasteiger partial charge in [0.15, 0.2) is 0 Å². The number of ether oxygens (including phenoxy) is 2. The lowest BCUT2D eigenvalue weighted by atomic mass is 9.87. The second-order valence-electron chi connectivity index (χ2n) is 8.11. The average molecular weight is 356 g/mol. The summed E-state index contributed by atoms with van der Waals surface area (Å²) in [5, 5.41) is 3.39. The Morgan fingerprint density at radius 3 is 2.23 bits per heavy atom. The summed E-state index contributed by atoms with van der Waals surface area (Å²) in [6.07, 6.45) is 1.07. The van der Waals surface area contributed by atoms with E-state index in [2.05, 4.69) is 52.1 Å². The Labute approximate surface area is 158 Å². The maximum absolute atomic E-state index is 5.82. The molecule has 0 saturated carbocycles. The summed E-state index contributed by atoms with van der Waals surface area (Å²) in [5.74, 6) is 2.48. The third-order valence-corrected chi connectivity index (χ3v) is 4.22. The Kier molecular flexibility index (Phi) is 7.38. The molecule has 0 radical (unpaired) electrons. The van der Waals surface area contributed by atoms with Gasteiger partial charge in [0.05, 0.1) is 6.61 Å². The minimum atomic E-state index is 0.169. The molecule has 2 aromatic rings. The molecule has 2 aromatic carbocycles. The molecule has 1 N–H and O–H groups in total. The molecule has 26 heavy (non-hydrogen) atoms. The van der Waals surface area contributed by atoms with Crippen molar-refractivity contribution in [3.8, 4) is 11.5 Å². The highest BCUT2D eigenvalue weighted by Crippen LogP contribution is 2.24. The Morgan fingerprint density at radius 1 is 0.885 bits per heavy atom. The molecule has 0 unspecified atom stereocenters. The van der Waals surface area contributed by atoms with Crippen molar-refractivity contribution < 1.29 is 9.47 Å². The van der Waals surface area contributed by atoms with E-state index in [9.17, 15) is 0 Å². The monoisotopic (exact) mass is 355 g/mol. The van der Waals surface area contributed by atoms with Gasteiger partial charge in [0.2, 0.25) is 0 Å². The fourth-order valence-electron chi connectivity index (χ4n) is 2.52. The number of nitrogens with one attached hydrogen (secondary N) is 1. The van der Waals surface area contributed by atoms with Crippen LogP contribution in [0.15, 0.2) is 48.5 Å². The number of hydrogen-bond donors (Lipinski definition) is 1. The van der Waals surface area contributed by atoms with Crippen molar-refractivity contribution in [2.24, 2.45) is 5.92 Å². The van der Waals surface area contributed by atoms with Gasteiger partial charge in [-0.15, -0.1) is 0 Å². The molecule has 3 nitrogen and oxygen atoms in total. The zero-order valence-corrected chi connectivity index (χ0v) is 16.8. The summed E-state index contributed by atoms with van der Waals surface area (Å²) in [5.41, 5.74) is 2.54. The largest absolute Gasteiger partial charge is 0.494 e. The van der Waals surface area contributed by atoms with Crippen molar-refractivity contribution in [2.45, 2.75) is 46.5 Å². The number of anilines is 1. The first-order valence-corrected chi connectivity index (χ1v) is 9.54. The van der Waals surface area contributed by atoms with E-state index in [-0.39, 0.29) is 5.41 Å². The van der Waals surface area contributed by atoms with Crippen LogP contribution in [0, 0.1) is 5.92 Å². The SMILES string of the molecule is CC(C)CCOc1cccc(NCCOc2ccc(C(C)(C)C)cc2)c1. The normalized spacial score (nSPS) is 11.5. The van der Waals surface area contributed by atoms with E-state index in [0.29, 0.717) is 12.5 Å². The van der Waals surface area contributed by atoms with Gasteiger partial charge in [0.1, 0.15) is 18.1 Å². The number of rotatable bonds is 9. The van der Waals surface area contributed by atoms with Crippen LogP contribution in [0.3, 0.4) is 0 Å². The molecular formula is C23H33NO2. The number of benzene rings is 2. The molecular weight excluding hydrogens is 322 g/mol. The van der Waals surface area contributed by atoms with Gasteiger partial charge in [-0.25, -0.2) is 0 Å². The third kappa shape index (κ3) is 6.99. The van der Waals surface area contributed by atoms with Crippen LogP contribution in [-0.4, -0.2) is 19.8 Å². The summed E-state index contributed by atoms with van der Waals surface area (Å²) < 4.78 is 11.6. The van der Waals surface area contributed by atoms with E-state index in [1.807, 2.05) is 36.4 Å². The lowest BCUT2D eigenvalue weighted by Gasteiger charge is -2.19. The zero-order valence-electron chi connectivity index (χ0n) is 16.8. The molecule has 0 aliphatic carbocycles. The van der Waals surface area contributed by atoms with Crippen LogP contribution in [0.1, 0.15) is 46.6 Å². The molecule has 142 valence electrons. The lowest BCUT2D eigenvalue weighted by molar-refractivity contribution is 0.289. The fourth-order valence-corrected chi connectivity index (χ4v) is 2.52. The minimum Gasteiger partial charge on any atom is -0.494 e. The van der Waals surface area contributed by atoms with Crippen LogP contribution in [0.2, 0.25) is 0 Å². The molecule has 2 rings (SSSR count). The summed E-state index contributed by atoms with van der Waals surface area (Å²) in [7, 11) is 0. The van der Waals surface area contributed by atoms with Crippen molar-refractivity contribution in [3.05, 3.63) is 54.1 Å². The quantitative estimate of drug-likeness (QED) is 0.568. The zero-order chi connectivity index (χ0) is 19.0. The molecule has 3 heteroatoms. The van der Waals surface area contributed by atoms with E-state index < -0.39 is 0 Å². The predicted octanol–water partition coefficient (Wildman–Crippen LogP) is 5.90. The molecule has 0 aliphatic rings. The maximum atomic E-state index is 5.82. The first kappa shape index (κ1) is 20.2. The molecule has 0 spiro atoms. The van der Waals surface area contributed by atoms with Gasteiger partial charge in [-0.05, 0) is 47.6 Å². The van der Waals surface area contributed by atoms with Crippen molar-refractivity contribution >= 4 is 5.69 Å². The Balaban J connectivity index is 1.74. The van der Waals surface area contributed by atoms with Gasteiger partial charge in [-0.2, -0.15) is 0 Å². The average Bonchev–Trinajstić information content (AvgIpc) is 2.58. The first-order valence-electron chi connectivity index (χ1n) is 9.54. The highest BCUT2D eigenvalue weighted by atomic mass is 16.5. The fraction of sp³-hybridized carbons (Fsp3) is 0.478. The van der Waals surface area contributed by atoms with Gasteiger partial charge in [-0.1, -0.05) is 52.8 Å². The molecule has 0 aliphatic heterocycles. The molecule has 0 saturated heterocycles. The van der Waals surface area contributed by atoms with Gasteiger partial charge >= 0.3 is 0 Å².